The summed E-state index contributed by atoms with van der Waals surface area (Å²) in [7, 11) is -3.77. The average Bonchev–Trinajstić information content (AvgIpc) is 3.35. The molecule has 2 rings (SSSR count). The predicted molar refractivity (Wildman–Crippen MR) is 127 cm³/mol. The number of amides is 1. The Labute approximate surface area is 201 Å². The Kier molecular flexibility index (Phi) is 10.8. The topological polar surface area (TPSA) is 122 Å². The first-order valence-electron chi connectivity index (χ1n) is 11.7. The molecule has 0 aromatic heterocycles. The quantitative estimate of drug-likeness (QED) is 0.324. The highest BCUT2D eigenvalue weighted by Gasteiger charge is 2.27. The van der Waals surface area contributed by atoms with E-state index >= 15 is 0 Å². The fraction of sp³-hybridized carbons (Fsp3) is 0.609. The fourth-order valence-electron chi connectivity index (χ4n) is 3.74. The van der Waals surface area contributed by atoms with E-state index in [1.165, 1.54) is 16.4 Å². The van der Waals surface area contributed by atoms with E-state index in [-0.39, 0.29) is 29.4 Å². The maximum absolute atomic E-state index is 13.0. The van der Waals surface area contributed by atoms with Crippen molar-refractivity contribution in [3.63, 3.8) is 0 Å². The molecule has 1 aromatic carbocycles. The van der Waals surface area contributed by atoms with E-state index in [2.05, 4.69) is 5.32 Å². The minimum Gasteiger partial charge on any atom is -0.466 e. The molecule has 1 aliphatic rings. The third-order valence-corrected chi connectivity index (χ3v) is 7.54. The molecule has 0 radical (unpaired) electrons. The number of ether oxygens (including phenoxy) is 2. The first-order valence-corrected chi connectivity index (χ1v) is 13.2. The zero-order valence-electron chi connectivity index (χ0n) is 20.2. The van der Waals surface area contributed by atoms with Crippen LogP contribution in [0.5, 0.6) is 0 Å². The Bertz CT molecular complexity index is 955. The van der Waals surface area contributed by atoms with Gasteiger partial charge >= 0.3 is 11.9 Å². The van der Waals surface area contributed by atoms with Crippen molar-refractivity contribution in [2.75, 3.05) is 50.8 Å². The van der Waals surface area contributed by atoms with Crippen molar-refractivity contribution in [1.82, 2.24) is 9.62 Å². The standard InChI is InChI=1S/C23H35N3O7S/c1-4-26(5-2)34(30,31)18-11-12-20(25-14-7-8-15-25)19(16-18)23(29)33-17-21(27)24-13-9-10-22(28)32-6-3/h11-12,16H,4-10,13-15,17H2,1-3H3,(H,24,27). The van der Waals surface area contributed by atoms with Crippen LogP contribution < -0.4 is 10.2 Å². The maximum Gasteiger partial charge on any atom is 0.340 e. The summed E-state index contributed by atoms with van der Waals surface area (Å²) >= 11 is 0. The number of anilines is 1. The number of rotatable bonds is 13. The second-order valence-corrected chi connectivity index (χ2v) is 9.74. The van der Waals surface area contributed by atoms with E-state index in [1.54, 1.807) is 26.8 Å². The first-order chi connectivity index (χ1) is 16.2. The summed E-state index contributed by atoms with van der Waals surface area (Å²) in [5.41, 5.74) is 0.709. The number of sulfonamides is 1. The summed E-state index contributed by atoms with van der Waals surface area (Å²) in [5, 5.41) is 2.59. The van der Waals surface area contributed by atoms with Gasteiger partial charge in [0, 0.05) is 39.1 Å². The van der Waals surface area contributed by atoms with Crippen LogP contribution in [0.25, 0.3) is 0 Å². The van der Waals surface area contributed by atoms with Crippen molar-refractivity contribution in [2.24, 2.45) is 0 Å². The number of hydrogen-bond donors (Lipinski definition) is 1. The van der Waals surface area contributed by atoms with Crippen LogP contribution in [0, 0.1) is 0 Å². The molecule has 0 atom stereocenters. The molecule has 0 aliphatic carbocycles. The molecule has 0 bridgehead atoms. The normalized spacial score (nSPS) is 13.7. The number of benzene rings is 1. The largest absolute Gasteiger partial charge is 0.466 e. The predicted octanol–water partition coefficient (Wildman–Crippen LogP) is 1.93. The summed E-state index contributed by atoms with van der Waals surface area (Å²) < 4.78 is 37.3. The third-order valence-electron chi connectivity index (χ3n) is 5.50. The van der Waals surface area contributed by atoms with Crippen molar-refractivity contribution in [3.8, 4) is 0 Å². The molecule has 1 N–H and O–H groups in total. The molecule has 1 aromatic rings. The van der Waals surface area contributed by atoms with Gasteiger partial charge in [0.05, 0.1) is 22.8 Å². The number of esters is 2. The van der Waals surface area contributed by atoms with Crippen LogP contribution in [0.2, 0.25) is 0 Å². The Hall–Kier alpha value is -2.66. The van der Waals surface area contributed by atoms with Crippen molar-refractivity contribution >= 4 is 33.6 Å². The molecule has 34 heavy (non-hydrogen) atoms. The Morgan fingerprint density at radius 2 is 1.74 bits per heavy atom. The number of carbonyl (C=O) groups is 3. The summed E-state index contributed by atoms with van der Waals surface area (Å²) in [6.45, 7) is 7.38. The molecular formula is C23H35N3O7S. The monoisotopic (exact) mass is 497 g/mol. The molecule has 0 saturated carbocycles. The molecule has 10 nitrogen and oxygen atoms in total. The van der Waals surface area contributed by atoms with Crippen LogP contribution in [-0.4, -0.2) is 76.5 Å². The van der Waals surface area contributed by atoms with E-state index in [1.807, 2.05) is 4.90 Å². The van der Waals surface area contributed by atoms with E-state index < -0.39 is 28.5 Å². The van der Waals surface area contributed by atoms with Gasteiger partial charge in [-0.2, -0.15) is 4.31 Å². The van der Waals surface area contributed by atoms with Gasteiger partial charge < -0.3 is 19.7 Å². The van der Waals surface area contributed by atoms with Gasteiger partial charge in [-0.05, 0) is 44.4 Å². The summed E-state index contributed by atoms with van der Waals surface area (Å²) in [5.74, 6) is -1.61. The number of hydrogen-bond acceptors (Lipinski definition) is 8. The summed E-state index contributed by atoms with van der Waals surface area (Å²) in [6.07, 6.45) is 2.54. The Morgan fingerprint density at radius 3 is 2.35 bits per heavy atom. The highest BCUT2D eigenvalue weighted by molar-refractivity contribution is 7.89. The fourth-order valence-corrected chi connectivity index (χ4v) is 5.22. The lowest BCUT2D eigenvalue weighted by atomic mass is 10.1. The molecule has 1 amide bonds. The van der Waals surface area contributed by atoms with E-state index in [0.717, 1.165) is 25.9 Å². The van der Waals surface area contributed by atoms with Gasteiger partial charge in [-0.25, -0.2) is 13.2 Å². The average molecular weight is 498 g/mol. The molecule has 0 unspecified atom stereocenters. The third kappa shape index (κ3) is 7.42. The van der Waals surface area contributed by atoms with Gasteiger partial charge in [0.2, 0.25) is 10.0 Å². The highest BCUT2D eigenvalue weighted by atomic mass is 32.2. The molecular weight excluding hydrogens is 462 g/mol. The molecule has 1 aliphatic heterocycles. The second-order valence-electron chi connectivity index (χ2n) is 7.80. The zero-order valence-corrected chi connectivity index (χ0v) is 21.0. The number of nitrogens with one attached hydrogen (secondary N) is 1. The van der Waals surface area contributed by atoms with Crippen LogP contribution in [0.1, 0.15) is 56.8 Å². The Balaban J connectivity index is 2.09. The number of nitrogens with zero attached hydrogens (tertiary/aromatic N) is 2. The Morgan fingerprint density at radius 1 is 1.06 bits per heavy atom. The van der Waals surface area contributed by atoms with Crippen LogP contribution in [-0.2, 0) is 29.1 Å². The zero-order chi connectivity index (χ0) is 25.1. The summed E-state index contributed by atoms with van der Waals surface area (Å²) in [4.78, 5) is 38.3. The van der Waals surface area contributed by atoms with Crippen LogP contribution >= 0.6 is 0 Å². The van der Waals surface area contributed by atoms with Gasteiger partial charge in [-0.15, -0.1) is 0 Å². The smallest absolute Gasteiger partial charge is 0.340 e. The van der Waals surface area contributed by atoms with Gasteiger partial charge in [-0.1, -0.05) is 13.8 Å². The second kappa shape index (κ2) is 13.3. The van der Waals surface area contributed by atoms with Crippen LogP contribution in [0.4, 0.5) is 5.69 Å². The molecule has 0 spiro atoms. The van der Waals surface area contributed by atoms with Gasteiger partial charge in [0.1, 0.15) is 0 Å². The molecule has 1 saturated heterocycles. The van der Waals surface area contributed by atoms with Gasteiger partial charge in [-0.3, -0.25) is 9.59 Å². The van der Waals surface area contributed by atoms with Crippen molar-refractivity contribution in [3.05, 3.63) is 23.8 Å². The van der Waals surface area contributed by atoms with E-state index in [9.17, 15) is 22.8 Å². The lowest BCUT2D eigenvalue weighted by Crippen LogP contribution is -2.31. The van der Waals surface area contributed by atoms with Crippen molar-refractivity contribution < 1.29 is 32.3 Å². The maximum atomic E-state index is 13.0. The minimum atomic E-state index is -3.77. The van der Waals surface area contributed by atoms with Crippen LogP contribution in [0.3, 0.4) is 0 Å². The summed E-state index contributed by atoms with van der Waals surface area (Å²) in [6, 6.07) is 4.48. The molecule has 190 valence electrons. The van der Waals surface area contributed by atoms with Crippen molar-refractivity contribution in [2.45, 2.75) is 51.3 Å². The molecule has 1 heterocycles. The molecule has 1 fully saturated rings. The van der Waals surface area contributed by atoms with Gasteiger partial charge in [0.15, 0.2) is 6.61 Å². The lowest BCUT2D eigenvalue weighted by molar-refractivity contribution is -0.143. The minimum absolute atomic E-state index is 0.00881. The van der Waals surface area contributed by atoms with Gasteiger partial charge in [0.25, 0.3) is 5.91 Å². The van der Waals surface area contributed by atoms with E-state index in [4.69, 9.17) is 9.47 Å². The SMILES string of the molecule is CCOC(=O)CCCNC(=O)COC(=O)c1cc(S(=O)(=O)N(CC)CC)ccc1N1CCCC1. The van der Waals surface area contributed by atoms with Crippen molar-refractivity contribution in [1.29, 1.82) is 0 Å². The lowest BCUT2D eigenvalue weighted by Gasteiger charge is -2.23. The molecule has 11 heteroatoms. The first kappa shape index (κ1) is 27.6. The van der Waals surface area contributed by atoms with Crippen LogP contribution in [0.15, 0.2) is 23.1 Å². The number of carbonyl (C=O) groups excluding carboxylic acids is 3. The van der Waals surface area contributed by atoms with E-state index in [0.29, 0.717) is 31.8 Å². The highest BCUT2D eigenvalue weighted by Crippen LogP contribution is 2.29.